The van der Waals surface area contributed by atoms with Crippen molar-refractivity contribution in [2.24, 2.45) is 11.7 Å². The molecule has 0 spiro atoms. The van der Waals surface area contributed by atoms with Gasteiger partial charge in [0.25, 0.3) is 0 Å². The molecule has 21 heavy (non-hydrogen) atoms. The summed E-state index contributed by atoms with van der Waals surface area (Å²) in [5.41, 5.74) is 3.10. The fourth-order valence-corrected chi connectivity index (χ4v) is 2.33. The predicted molar refractivity (Wildman–Crippen MR) is 68.0 cm³/mol. The van der Waals surface area contributed by atoms with Gasteiger partial charge in [0.2, 0.25) is 0 Å². The van der Waals surface area contributed by atoms with Crippen LogP contribution in [0.3, 0.4) is 0 Å². The van der Waals surface area contributed by atoms with E-state index in [2.05, 4.69) is 0 Å². The van der Waals surface area contributed by atoms with E-state index in [4.69, 9.17) is 5.73 Å². The fourth-order valence-electron chi connectivity index (χ4n) is 2.33. The number of hydrogen-bond acceptors (Lipinski definition) is 1. The molecular weight excluding hydrogens is 320 g/mol. The van der Waals surface area contributed by atoms with Crippen molar-refractivity contribution < 1.29 is 26.3 Å². The Kier molecular flexibility index (Phi) is 5.21. The second kappa shape index (κ2) is 6.04. The molecule has 1 aliphatic rings. The van der Waals surface area contributed by atoms with Crippen LogP contribution < -0.4 is 5.73 Å². The van der Waals surface area contributed by atoms with Crippen LogP contribution in [-0.4, -0.2) is 0 Å². The zero-order chi connectivity index (χ0) is 15.1. The molecule has 0 aliphatic heterocycles. The summed E-state index contributed by atoms with van der Waals surface area (Å²) in [6.07, 6.45) is -7.25. The summed E-state index contributed by atoms with van der Waals surface area (Å²) in [6, 6.07) is 0.435. The molecule has 1 nitrogen and oxygen atoms in total. The van der Waals surface area contributed by atoms with Crippen LogP contribution in [0.25, 0.3) is 0 Å². The molecule has 0 unspecified atom stereocenters. The van der Waals surface area contributed by atoms with Crippen LogP contribution in [0.1, 0.15) is 42.0 Å². The van der Waals surface area contributed by atoms with Crippen molar-refractivity contribution in [3.63, 3.8) is 0 Å². The van der Waals surface area contributed by atoms with Gasteiger partial charge in [-0.1, -0.05) is 6.42 Å². The maximum absolute atomic E-state index is 12.9. The normalized spacial score (nSPS) is 17.9. The van der Waals surface area contributed by atoms with Gasteiger partial charge in [0.05, 0.1) is 11.1 Å². The highest BCUT2D eigenvalue weighted by atomic mass is 35.5. The van der Waals surface area contributed by atoms with Crippen LogP contribution in [0.2, 0.25) is 0 Å². The molecule has 120 valence electrons. The van der Waals surface area contributed by atoms with Crippen molar-refractivity contribution in [2.45, 2.75) is 37.7 Å². The molecule has 1 atom stereocenters. The first kappa shape index (κ1) is 18.1. The molecule has 2 N–H and O–H groups in total. The zero-order valence-corrected chi connectivity index (χ0v) is 11.6. The average Bonchev–Trinajstić information content (AvgIpc) is 2.23. The highest BCUT2D eigenvalue weighted by Crippen LogP contribution is 2.43. The Morgan fingerprint density at radius 1 is 1.00 bits per heavy atom. The second-order valence-electron chi connectivity index (χ2n) is 5.01. The smallest absolute Gasteiger partial charge is 0.324 e. The topological polar surface area (TPSA) is 26.0 Å². The Morgan fingerprint density at radius 2 is 1.57 bits per heavy atom. The van der Waals surface area contributed by atoms with Crippen molar-refractivity contribution in [2.75, 3.05) is 0 Å². The Bertz CT molecular complexity index is 492. The van der Waals surface area contributed by atoms with Crippen LogP contribution >= 0.6 is 12.4 Å². The van der Waals surface area contributed by atoms with Gasteiger partial charge in [0, 0.05) is 6.04 Å². The number of nitrogens with two attached hydrogens (primary N) is 1. The van der Waals surface area contributed by atoms with Crippen molar-refractivity contribution in [1.29, 1.82) is 0 Å². The molecule has 1 fully saturated rings. The SMILES string of the molecule is Cl.N[C@H](c1cc(C(F)(F)F)ccc1C(F)(F)F)C1CCC1. The van der Waals surface area contributed by atoms with Gasteiger partial charge in [-0.15, -0.1) is 12.4 Å². The van der Waals surface area contributed by atoms with E-state index >= 15 is 0 Å². The minimum atomic E-state index is -4.71. The quantitative estimate of drug-likeness (QED) is 0.762. The Morgan fingerprint density at radius 3 is 1.95 bits per heavy atom. The van der Waals surface area contributed by atoms with Crippen LogP contribution in [0.4, 0.5) is 26.3 Å². The van der Waals surface area contributed by atoms with Gasteiger partial charge in [-0.2, -0.15) is 26.3 Å². The Balaban J connectivity index is 0.00000220. The lowest BCUT2D eigenvalue weighted by Crippen LogP contribution is -2.29. The van der Waals surface area contributed by atoms with Crippen molar-refractivity contribution in [3.05, 3.63) is 34.9 Å². The standard InChI is InChI=1S/C13H13F6N.ClH/c14-12(15,16)8-4-5-10(13(17,18)19)9(6-8)11(20)7-2-1-3-7;/h4-7,11H,1-3,20H2;1H/t11-;/m0./s1. The summed E-state index contributed by atoms with van der Waals surface area (Å²) in [5.74, 6) is -0.181. The molecule has 1 saturated carbocycles. The summed E-state index contributed by atoms with van der Waals surface area (Å²) >= 11 is 0. The number of benzene rings is 1. The minimum absolute atomic E-state index is 0. The lowest BCUT2D eigenvalue weighted by Gasteiger charge is -2.33. The summed E-state index contributed by atoms with van der Waals surface area (Å²) < 4.78 is 76.6. The predicted octanol–water partition coefficient (Wildman–Crippen LogP) is 4.95. The number of alkyl halides is 6. The van der Waals surface area contributed by atoms with Gasteiger partial charge in [-0.3, -0.25) is 0 Å². The summed E-state index contributed by atoms with van der Waals surface area (Å²) in [4.78, 5) is 0. The van der Waals surface area contributed by atoms with Gasteiger partial charge >= 0.3 is 12.4 Å². The Hall–Kier alpha value is -0.950. The first-order valence-corrected chi connectivity index (χ1v) is 6.14. The van der Waals surface area contributed by atoms with Crippen LogP contribution in [0, 0.1) is 5.92 Å². The Labute approximate surface area is 123 Å². The molecule has 1 aromatic carbocycles. The average molecular weight is 334 g/mol. The summed E-state index contributed by atoms with van der Waals surface area (Å²) in [5, 5.41) is 0. The summed E-state index contributed by atoms with van der Waals surface area (Å²) in [6.45, 7) is 0. The van der Waals surface area contributed by atoms with E-state index in [1.807, 2.05) is 0 Å². The molecule has 2 rings (SSSR count). The molecule has 1 aromatic rings. The molecular formula is C13H14ClF6N. The van der Waals surface area contributed by atoms with Crippen molar-refractivity contribution >= 4 is 12.4 Å². The molecule has 0 bridgehead atoms. The highest BCUT2D eigenvalue weighted by Gasteiger charge is 2.39. The second-order valence-corrected chi connectivity index (χ2v) is 5.01. The molecule has 0 amide bonds. The zero-order valence-electron chi connectivity index (χ0n) is 10.8. The van der Waals surface area contributed by atoms with Gasteiger partial charge in [-0.05, 0) is 42.5 Å². The first-order chi connectivity index (χ1) is 9.10. The van der Waals surface area contributed by atoms with Crippen molar-refractivity contribution in [1.82, 2.24) is 0 Å². The largest absolute Gasteiger partial charge is 0.416 e. The number of halogens is 7. The monoisotopic (exact) mass is 333 g/mol. The molecule has 1 aliphatic carbocycles. The lowest BCUT2D eigenvalue weighted by atomic mass is 9.76. The maximum Gasteiger partial charge on any atom is 0.416 e. The fraction of sp³-hybridized carbons (Fsp3) is 0.538. The van der Waals surface area contributed by atoms with Crippen molar-refractivity contribution in [3.8, 4) is 0 Å². The van der Waals surface area contributed by atoms with Crippen LogP contribution in [-0.2, 0) is 12.4 Å². The molecule has 0 aromatic heterocycles. The third-order valence-corrected chi connectivity index (χ3v) is 3.70. The van der Waals surface area contributed by atoms with Crippen LogP contribution in [0.15, 0.2) is 18.2 Å². The van der Waals surface area contributed by atoms with Gasteiger partial charge in [0.1, 0.15) is 0 Å². The number of hydrogen-bond donors (Lipinski definition) is 1. The van der Waals surface area contributed by atoms with Gasteiger partial charge in [-0.25, -0.2) is 0 Å². The minimum Gasteiger partial charge on any atom is -0.324 e. The van der Waals surface area contributed by atoms with E-state index in [9.17, 15) is 26.3 Å². The highest BCUT2D eigenvalue weighted by molar-refractivity contribution is 5.85. The maximum atomic E-state index is 12.9. The molecule has 0 heterocycles. The van der Waals surface area contributed by atoms with E-state index in [0.29, 0.717) is 31.0 Å². The molecule has 0 saturated heterocycles. The van der Waals surface area contributed by atoms with E-state index in [0.717, 1.165) is 6.42 Å². The third-order valence-electron chi connectivity index (χ3n) is 3.70. The number of rotatable bonds is 2. The first-order valence-electron chi connectivity index (χ1n) is 6.14. The van der Waals surface area contributed by atoms with E-state index in [1.54, 1.807) is 0 Å². The van der Waals surface area contributed by atoms with Crippen LogP contribution in [0.5, 0.6) is 0 Å². The van der Waals surface area contributed by atoms with E-state index in [-0.39, 0.29) is 18.3 Å². The third kappa shape index (κ3) is 3.83. The van der Waals surface area contributed by atoms with Gasteiger partial charge < -0.3 is 5.73 Å². The molecule has 8 heteroatoms. The van der Waals surface area contributed by atoms with Gasteiger partial charge in [0.15, 0.2) is 0 Å². The molecule has 0 radical (unpaired) electrons. The lowest BCUT2D eigenvalue weighted by molar-refractivity contribution is -0.142. The summed E-state index contributed by atoms with van der Waals surface area (Å²) in [7, 11) is 0. The van der Waals surface area contributed by atoms with E-state index in [1.165, 1.54) is 0 Å². The van der Waals surface area contributed by atoms with E-state index < -0.39 is 35.1 Å².